The number of fused-ring (bicyclic) bond motifs is 1. The number of hydrogen-bond donors (Lipinski definition) is 1. The molecule has 0 aliphatic carbocycles. The topological polar surface area (TPSA) is 53.1 Å². The number of nitrogens with two attached hydrogens (primary N) is 1. The molecule has 3 aromatic rings. The van der Waals surface area contributed by atoms with Gasteiger partial charge in [0.1, 0.15) is 5.82 Å². The molecule has 4 nitrogen and oxygen atoms in total. The maximum absolute atomic E-state index is 13.9. The molecular formula is C16H16FN3O. The van der Waals surface area contributed by atoms with Crippen LogP contribution in [0.15, 0.2) is 36.4 Å². The number of rotatable bonds is 3. The van der Waals surface area contributed by atoms with Crippen LogP contribution in [0.4, 0.5) is 4.39 Å². The summed E-state index contributed by atoms with van der Waals surface area (Å²) in [5, 5.41) is 0. The van der Waals surface area contributed by atoms with Gasteiger partial charge < -0.3 is 15.0 Å². The third-order valence-corrected chi connectivity index (χ3v) is 3.59. The number of methoxy groups -OCH3 is 1. The molecule has 108 valence electrons. The SMILES string of the molecule is COc1ccc(-c2nc3ccc(CN)cc3n2C)cc1F. The van der Waals surface area contributed by atoms with Crippen LogP contribution in [-0.2, 0) is 13.6 Å². The Hall–Kier alpha value is -2.40. The number of nitrogens with zero attached hydrogens (tertiary/aromatic N) is 2. The molecular weight excluding hydrogens is 269 g/mol. The minimum atomic E-state index is -0.398. The molecule has 0 unspecified atom stereocenters. The highest BCUT2D eigenvalue weighted by Crippen LogP contribution is 2.27. The van der Waals surface area contributed by atoms with E-state index in [-0.39, 0.29) is 5.75 Å². The second kappa shape index (κ2) is 5.18. The number of halogens is 1. The fraction of sp³-hybridized carbons (Fsp3) is 0.188. The minimum Gasteiger partial charge on any atom is -0.494 e. The second-order valence-corrected chi connectivity index (χ2v) is 4.87. The average Bonchev–Trinajstić information content (AvgIpc) is 2.83. The van der Waals surface area contributed by atoms with Gasteiger partial charge in [-0.25, -0.2) is 9.37 Å². The Bertz CT molecular complexity index is 811. The van der Waals surface area contributed by atoms with E-state index >= 15 is 0 Å². The summed E-state index contributed by atoms with van der Waals surface area (Å²) in [6.07, 6.45) is 0. The lowest BCUT2D eigenvalue weighted by Gasteiger charge is -2.06. The van der Waals surface area contributed by atoms with Crippen molar-refractivity contribution >= 4 is 11.0 Å². The van der Waals surface area contributed by atoms with Crippen molar-refractivity contribution in [2.75, 3.05) is 7.11 Å². The Balaban J connectivity index is 2.16. The van der Waals surface area contributed by atoms with Crippen LogP contribution in [0.3, 0.4) is 0 Å². The highest BCUT2D eigenvalue weighted by Gasteiger charge is 2.12. The quantitative estimate of drug-likeness (QED) is 0.805. The van der Waals surface area contributed by atoms with Gasteiger partial charge in [0, 0.05) is 19.2 Å². The monoisotopic (exact) mass is 285 g/mol. The van der Waals surface area contributed by atoms with E-state index in [4.69, 9.17) is 10.5 Å². The Morgan fingerprint density at radius 1 is 1.24 bits per heavy atom. The van der Waals surface area contributed by atoms with Crippen LogP contribution in [0.1, 0.15) is 5.56 Å². The zero-order valence-electron chi connectivity index (χ0n) is 11.9. The normalized spacial score (nSPS) is 11.0. The Labute approximate surface area is 122 Å². The lowest BCUT2D eigenvalue weighted by atomic mass is 10.2. The zero-order valence-corrected chi connectivity index (χ0v) is 11.9. The molecule has 1 heterocycles. The van der Waals surface area contributed by atoms with E-state index in [2.05, 4.69) is 4.98 Å². The number of imidazole rings is 1. The van der Waals surface area contributed by atoms with Crippen molar-refractivity contribution in [3.63, 3.8) is 0 Å². The van der Waals surface area contributed by atoms with E-state index in [1.54, 1.807) is 12.1 Å². The molecule has 3 rings (SSSR count). The van der Waals surface area contributed by atoms with Gasteiger partial charge in [-0.2, -0.15) is 0 Å². The Kier molecular flexibility index (Phi) is 3.35. The third-order valence-electron chi connectivity index (χ3n) is 3.59. The standard InChI is InChI=1S/C16H16FN3O/c1-20-14-7-10(9-18)3-5-13(14)19-16(20)11-4-6-15(21-2)12(17)8-11/h3-8H,9,18H2,1-2H3. The lowest BCUT2D eigenvalue weighted by Crippen LogP contribution is -1.97. The maximum atomic E-state index is 13.9. The first-order valence-electron chi connectivity index (χ1n) is 6.63. The van der Waals surface area contributed by atoms with Crippen LogP contribution >= 0.6 is 0 Å². The van der Waals surface area contributed by atoms with Crippen LogP contribution in [0, 0.1) is 5.82 Å². The van der Waals surface area contributed by atoms with Crippen molar-refractivity contribution in [3.8, 4) is 17.1 Å². The van der Waals surface area contributed by atoms with Gasteiger partial charge in [-0.3, -0.25) is 0 Å². The number of ether oxygens (including phenoxy) is 1. The van der Waals surface area contributed by atoms with E-state index in [0.29, 0.717) is 17.9 Å². The molecule has 1 aromatic heterocycles. The summed E-state index contributed by atoms with van der Waals surface area (Å²) in [5.74, 6) is 0.536. The summed E-state index contributed by atoms with van der Waals surface area (Å²) >= 11 is 0. The molecule has 0 amide bonds. The van der Waals surface area contributed by atoms with Crippen LogP contribution in [0.25, 0.3) is 22.4 Å². The molecule has 0 bridgehead atoms. The van der Waals surface area contributed by atoms with Crippen LogP contribution in [-0.4, -0.2) is 16.7 Å². The van der Waals surface area contributed by atoms with Crippen molar-refractivity contribution < 1.29 is 9.13 Å². The van der Waals surface area contributed by atoms with E-state index in [0.717, 1.165) is 16.6 Å². The number of benzene rings is 2. The Morgan fingerprint density at radius 3 is 2.71 bits per heavy atom. The fourth-order valence-electron chi connectivity index (χ4n) is 2.43. The van der Waals surface area contributed by atoms with Crippen molar-refractivity contribution in [3.05, 3.63) is 47.8 Å². The number of aromatic nitrogens is 2. The molecule has 0 spiro atoms. The first-order chi connectivity index (χ1) is 10.1. The minimum absolute atomic E-state index is 0.225. The van der Waals surface area contributed by atoms with Gasteiger partial charge in [0.25, 0.3) is 0 Å². The summed E-state index contributed by atoms with van der Waals surface area (Å²) in [6.45, 7) is 0.480. The molecule has 0 radical (unpaired) electrons. The fourth-order valence-corrected chi connectivity index (χ4v) is 2.43. The van der Waals surface area contributed by atoms with E-state index < -0.39 is 5.82 Å². The van der Waals surface area contributed by atoms with Gasteiger partial charge in [0.15, 0.2) is 11.6 Å². The van der Waals surface area contributed by atoms with E-state index in [1.165, 1.54) is 13.2 Å². The summed E-state index contributed by atoms with van der Waals surface area (Å²) < 4.78 is 20.7. The van der Waals surface area contributed by atoms with Gasteiger partial charge in [-0.1, -0.05) is 6.07 Å². The third kappa shape index (κ3) is 2.25. The molecule has 0 aliphatic heterocycles. The predicted molar refractivity (Wildman–Crippen MR) is 80.6 cm³/mol. The molecule has 0 saturated carbocycles. The molecule has 2 N–H and O–H groups in total. The smallest absolute Gasteiger partial charge is 0.165 e. The lowest BCUT2D eigenvalue weighted by molar-refractivity contribution is 0.386. The van der Waals surface area contributed by atoms with Gasteiger partial charge in [-0.15, -0.1) is 0 Å². The van der Waals surface area contributed by atoms with Crippen molar-refractivity contribution in [1.82, 2.24) is 9.55 Å². The largest absolute Gasteiger partial charge is 0.494 e. The summed E-state index contributed by atoms with van der Waals surface area (Å²) in [4.78, 5) is 4.57. The number of hydrogen-bond acceptors (Lipinski definition) is 3. The molecule has 0 fully saturated rings. The van der Waals surface area contributed by atoms with Gasteiger partial charge >= 0.3 is 0 Å². The first-order valence-corrected chi connectivity index (χ1v) is 6.63. The zero-order chi connectivity index (χ0) is 15.0. The first kappa shape index (κ1) is 13.6. The highest BCUT2D eigenvalue weighted by molar-refractivity contribution is 5.81. The summed E-state index contributed by atoms with van der Waals surface area (Å²) in [6, 6.07) is 10.7. The highest BCUT2D eigenvalue weighted by atomic mass is 19.1. The van der Waals surface area contributed by atoms with Crippen molar-refractivity contribution in [2.24, 2.45) is 12.8 Å². The summed E-state index contributed by atoms with van der Waals surface area (Å²) in [7, 11) is 3.36. The van der Waals surface area contributed by atoms with Crippen LogP contribution in [0.2, 0.25) is 0 Å². The molecule has 21 heavy (non-hydrogen) atoms. The molecule has 0 atom stereocenters. The molecule has 0 saturated heterocycles. The molecule has 2 aromatic carbocycles. The van der Waals surface area contributed by atoms with E-state index in [9.17, 15) is 4.39 Å². The average molecular weight is 285 g/mol. The van der Waals surface area contributed by atoms with Gasteiger partial charge in [0.2, 0.25) is 0 Å². The second-order valence-electron chi connectivity index (χ2n) is 4.87. The molecule has 5 heteroatoms. The molecule has 0 aliphatic rings. The Morgan fingerprint density at radius 2 is 2.05 bits per heavy atom. The van der Waals surface area contributed by atoms with Crippen molar-refractivity contribution in [2.45, 2.75) is 6.54 Å². The summed E-state index contributed by atoms with van der Waals surface area (Å²) in [5.41, 5.74) is 9.25. The van der Waals surface area contributed by atoms with Crippen molar-refractivity contribution in [1.29, 1.82) is 0 Å². The van der Waals surface area contributed by atoms with E-state index in [1.807, 2.05) is 29.8 Å². The number of aryl methyl sites for hydroxylation is 1. The van der Waals surface area contributed by atoms with Gasteiger partial charge in [-0.05, 0) is 35.9 Å². The maximum Gasteiger partial charge on any atom is 0.165 e. The van der Waals surface area contributed by atoms with Gasteiger partial charge in [0.05, 0.1) is 18.1 Å². The van der Waals surface area contributed by atoms with Crippen LogP contribution < -0.4 is 10.5 Å². The predicted octanol–water partition coefficient (Wildman–Crippen LogP) is 2.85. The van der Waals surface area contributed by atoms with Crippen LogP contribution in [0.5, 0.6) is 5.75 Å².